The number of hydrogen-bond donors (Lipinski definition) is 2. The number of ketones is 1. The quantitative estimate of drug-likeness (QED) is 0.597. The van der Waals surface area contributed by atoms with Crippen molar-refractivity contribution in [3.63, 3.8) is 0 Å². The number of nitrogens with two attached hydrogens (primary N) is 1. The molecule has 0 spiro atoms. The molecule has 1 aliphatic rings. The Morgan fingerprint density at radius 3 is 2.47 bits per heavy atom. The molecule has 4 heteroatoms. The van der Waals surface area contributed by atoms with Gasteiger partial charge in [-0.25, -0.2) is 0 Å². The molecule has 0 saturated carbocycles. The second-order valence-corrected chi connectivity index (χ2v) is 3.64. The van der Waals surface area contributed by atoms with E-state index in [0.717, 1.165) is 24.8 Å². The fraction of sp³-hybridized carbons (Fsp3) is 0.333. The number of aldehydes is 1. The molecule has 4 nitrogen and oxygen atoms in total. The van der Waals surface area contributed by atoms with E-state index in [2.05, 4.69) is 18.5 Å². The normalized spacial score (nSPS) is 12.6. The Morgan fingerprint density at radius 2 is 2.05 bits per heavy atom. The molecule has 0 atom stereocenters. The van der Waals surface area contributed by atoms with E-state index in [1.807, 2.05) is 31.4 Å². The van der Waals surface area contributed by atoms with Crippen LogP contribution in [0.5, 0.6) is 0 Å². The average Bonchev–Trinajstić information content (AvgIpc) is 2.67. The number of carbonyl (C=O) groups is 2. The number of rotatable bonds is 4. The first-order valence-corrected chi connectivity index (χ1v) is 5.99. The van der Waals surface area contributed by atoms with Gasteiger partial charge in [-0.05, 0) is 31.5 Å². The SMILES string of the molecule is C=C.CC(=O)CN.CNCC1=CC=C(C=O)CC=C1. The number of likely N-dealkylation sites (N-methyl/N-ethyl adjacent to an activating group) is 1. The molecule has 0 unspecified atom stereocenters. The molecule has 0 saturated heterocycles. The van der Waals surface area contributed by atoms with E-state index in [0.29, 0.717) is 0 Å². The number of Topliss-reactive ketones (excluding diaryl/α,β-unsaturated/α-hetero) is 1. The molecule has 1 aliphatic carbocycles. The zero-order chi connectivity index (χ0) is 15.1. The molecule has 3 N–H and O–H groups in total. The third kappa shape index (κ3) is 12.5. The van der Waals surface area contributed by atoms with Gasteiger partial charge in [-0.15, -0.1) is 13.2 Å². The van der Waals surface area contributed by atoms with Gasteiger partial charge in [0.2, 0.25) is 0 Å². The Kier molecular flexibility index (Phi) is 14.7. The predicted molar refractivity (Wildman–Crippen MR) is 80.9 cm³/mol. The maximum Gasteiger partial charge on any atom is 0.146 e. The lowest BCUT2D eigenvalue weighted by molar-refractivity contribution is -0.115. The first kappa shape index (κ1) is 19.6. The molecule has 0 radical (unpaired) electrons. The minimum atomic E-state index is 0.0324. The molecule has 19 heavy (non-hydrogen) atoms. The van der Waals surface area contributed by atoms with Gasteiger partial charge in [0.05, 0.1) is 6.54 Å². The lowest BCUT2D eigenvalue weighted by atomic mass is 10.2. The monoisotopic (exact) mass is 264 g/mol. The highest BCUT2D eigenvalue weighted by Gasteiger charge is 1.96. The Hall–Kier alpha value is -1.78. The molecule has 0 aliphatic heterocycles. The van der Waals surface area contributed by atoms with Crippen molar-refractivity contribution in [3.05, 3.63) is 48.6 Å². The van der Waals surface area contributed by atoms with Gasteiger partial charge in [-0.1, -0.05) is 24.3 Å². The molecule has 0 amide bonds. The van der Waals surface area contributed by atoms with Crippen LogP contribution in [0.25, 0.3) is 0 Å². The van der Waals surface area contributed by atoms with Crippen LogP contribution in [0.2, 0.25) is 0 Å². The van der Waals surface area contributed by atoms with E-state index in [1.54, 1.807) is 0 Å². The molecular formula is C15H24N2O2. The van der Waals surface area contributed by atoms with Crippen molar-refractivity contribution in [3.8, 4) is 0 Å². The van der Waals surface area contributed by atoms with Gasteiger partial charge in [0.25, 0.3) is 0 Å². The highest BCUT2D eigenvalue weighted by Crippen LogP contribution is 2.08. The second-order valence-electron chi connectivity index (χ2n) is 3.64. The molecule has 0 heterocycles. The van der Waals surface area contributed by atoms with Gasteiger partial charge in [-0.2, -0.15) is 0 Å². The molecule has 0 aromatic heterocycles. The third-order valence-corrected chi connectivity index (χ3v) is 2.02. The van der Waals surface area contributed by atoms with Gasteiger partial charge in [-0.3, -0.25) is 9.59 Å². The number of hydrogen-bond acceptors (Lipinski definition) is 4. The zero-order valence-electron chi connectivity index (χ0n) is 11.8. The van der Waals surface area contributed by atoms with Gasteiger partial charge in [0, 0.05) is 6.54 Å². The fourth-order valence-corrected chi connectivity index (χ4v) is 1.09. The highest BCUT2D eigenvalue weighted by atomic mass is 16.1. The lowest BCUT2D eigenvalue weighted by Crippen LogP contribution is -2.08. The topological polar surface area (TPSA) is 72.2 Å². The summed E-state index contributed by atoms with van der Waals surface area (Å²) < 4.78 is 0. The molecule has 0 fully saturated rings. The number of carbonyl (C=O) groups excluding carboxylic acids is 2. The van der Waals surface area contributed by atoms with Crippen LogP contribution in [0.4, 0.5) is 0 Å². The van der Waals surface area contributed by atoms with Crippen LogP contribution in [0.15, 0.2) is 48.6 Å². The summed E-state index contributed by atoms with van der Waals surface area (Å²) in [4.78, 5) is 20.1. The number of allylic oxidation sites excluding steroid dienone is 4. The van der Waals surface area contributed by atoms with Crippen molar-refractivity contribution in [2.24, 2.45) is 5.73 Å². The van der Waals surface area contributed by atoms with Crippen LogP contribution < -0.4 is 11.1 Å². The first-order valence-electron chi connectivity index (χ1n) is 5.99. The van der Waals surface area contributed by atoms with E-state index < -0.39 is 0 Å². The summed E-state index contributed by atoms with van der Waals surface area (Å²) >= 11 is 0. The summed E-state index contributed by atoms with van der Waals surface area (Å²) in [5, 5.41) is 3.06. The van der Waals surface area contributed by atoms with Gasteiger partial charge >= 0.3 is 0 Å². The maximum absolute atomic E-state index is 10.4. The van der Waals surface area contributed by atoms with Crippen molar-refractivity contribution >= 4 is 12.1 Å². The summed E-state index contributed by atoms with van der Waals surface area (Å²) in [5.41, 5.74) is 6.86. The fourth-order valence-electron chi connectivity index (χ4n) is 1.09. The molecular weight excluding hydrogens is 240 g/mol. The van der Waals surface area contributed by atoms with Crippen molar-refractivity contribution in [2.45, 2.75) is 13.3 Å². The van der Waals surface area contributed by atoms with E-state index >= 15 is 0 Å². The van der Waals surface area contributed by atoms with Crippen LogP contribution in [-0.2, 0) is 9.59 Å². The van der Waals surface area contributed by atoms with Crippen LogP contribution in [-0.4, -0.2) is 32.2 Å². The Labute approximate surface area is 115 Å². The van der Waals surface area contributed by atoms with Crippen LogP contribution >= 0.6 is 0 Å². The van der Waals surface area contributed by atoms with Crippen LogP contribution in [0.3, 0.4) is 0 Å². The second kappa shape index (κ2) is 14.3. The Morgan fingerprint density at radius 1 is 1.47 bits per heavy atom. The molecule has 0 aromatic carbocycles. The summed E-state index contributed by atoms with van der Waals surface area (Å²) in [6.07, 6.45) is 9.56. The summed E-state index contributed by atoms with van der Waals surface area (Å²) in [7, 11) is 1.91. The van der Waals surface area contributed by atoms with Gasteiger partial charge < -0.3 is 11.1 Å². The van der Waals surface area contributed by atoms with Crippen LogP contribution in [0.1, 0.15) is 13.3 Å². The van der Waals surface area contributed by atoms with E-state index in [9.17, 15) is 9.59 Å². The standard InChI is InChI=1S/C10H13NO.C3H7NO.C2H4/c1-11-7-9-3-2-4-10(8-12)6-5-9;1-3(5)2-4;1-2/h2-3,5-6,8,11H,4,7H2,1H3;2,4H2,1H3;1-2H2. The Balaban J connectivity index is 0. The largest absolute Gasteiger partial charge is 0.324 e. The van der Waals surface area contributed by atoms with Crippen molar-refractivity contribution in [1.29, 1.82) is 0 Å². The maximum atomic E-state index is 10.4. The predicted octanol–water partition coefficient (Wildman–Crippen LogP) is 1.55. The summed E-state index contributed by atoms with van der Waals surface area (Å²) in [6.45, 7) is 8.47. The van der Waals surface area contributed by atoms with Gasteiger partial charge in [0.1, 0.15) is 12.1 Å². The lowest BCUT2D eigenvalue weighted by Gasteiger charge is -1.96. The van der Waals surface area contributed by atoms with E-state index in [1.165, 1.54) is 12.5 Å². The Bertz CT molecular complexity index is 355. The molecule has 106 valence electrons. The average molecular weight is 264 g/mol. The number of nitrogens with one attached hydrogen (secondary N) is 1. The molecule has 1 rings (SSSR count). The van der Waals surface area contributed by atoms with E-state index in [-0.39, 0.29) is 12.3 Å². The molecule has 0 aromatic rings. The van der Waals surface area contributed by atoms with E-state index in [4.69, 9.17) is 5.73 Å². The zero-order valence-corrected chi connectivity index (χ0v) is 11.8. The minimum absolute atomic E-state index is 0.0324. The first-order chi connectivity index (χ1) is 9.13. The van der Waals surface area contributed by atoms with Gasteiger partial charge in [0.15, 0.2) is 0 Å². The highest BCUT2D eigenvalue weighted by molar-refractivity contribution is 5.77. The summed E-state index contributed by atoms with van der Waals surface area (Å²) in [6, 6.07) is 0. The van der Waals surface area contributed by atoms with Crippen LogP contribution in [0, 0.1) is 0 Å². The smallest absolute Gasteiger partial charge is 0.146 e. The summed E-state index contributed by atoms with van der Waals surface area (Å²) in [5.74, 6) is 0.0324. The van der Waals surface area contributed by atoms with Crippen molar-refractivity contribution in [2.75, 3.05) is 20.1 Å². The van der Waals surface area contributed by atoms with Crippen molar-refractivity contribution < 1.29 is 9.59 Å². The third-order valence-electron chi connectivity index (χ3n) is 2.02. The molecule has 0 bridgehead atoms. The van der Waals surface area contributed by atoms with Crippen molar-refractivity contribution in [1.82, 2.24) is 5.32 Å². The minimum Gasteiger partial charge on any atom is -0.324 e.